The van der Waals surface area contributed by atoms with E-state index in [-0.39, 0.29) is 52.0 Å². The van der Waals surface area contributed by atoms with Crippen LogP contribution in [0.5, 0.6) is 5.88 Å². The van der Waals surface area contributed by atoms with E-state index in [4.69, 9.17) is 23.3 Å². The number of phosphoric acid groups is 1. The second-order valence-corrected chi connectivity index (χ2v) is 11.9. The molecule has 3 atom stereocenters. The molecule has 0 bridgehead atoms. The van der Waals surface area contributed by atoms with Gasteiger partial charge in [0.15, 0.2) is 0 Å². The predicted molar refractivity (Wildman–Crippen MR) is 146 cm³/mol. The van der Waals surface area contributed by atoms with Gasteiger partial charge in [0.25, 0.3) is 11.8 Å². The molecule has 0 unspecified atom stereocenters. The highest BCUT2D eigenvalue weighted by Crippen LogP contribution is 2.49. The summed E-state index contributed by atoms with van der Waals surface area (Å²) in [5.74, 6) is -1.54. The number of imidazole rings is 1. The first-order valence-electron chi connectivity index (χ1n) is 13.3. The molecule has 2 N–H and O–H groups in total. The number of hydrogen-bond donors (Lipinski definition) is 2. The SMILES string of the molecule is COP(=O)(OC)Oc1nccn2c([C@@H]3C[C@H]4COC[C@H]4N3)nc(-c3ccc(C(=O)Nc4cc(C(F)(F)F)ccn4)cc3F)c12. The van der Waals surface area contributed by atoms with Crippen molar-refractivity contribution in [3.05, 3.63) is 71.7 Å². The summed E-state index contributed by atoms with van der Waals surface area (Å²) >= 11 is 0. The van der Waals surface area contributed by atoms with Crippen LogP contribution in [0, 0.1) is 11.7 Å². The van der Waals surface area contributed by atoms with Gasteiger partial charge in [-0.25, -0.2) is 23.9 Å². The van der Waals surface area contributed by atoms with Crippen LogP contribution in [0.1, 0.15) is 34.2 Å². The number of carbonyl (C=O) groups is 1. The Balaban J connectivity index is 1.38. The second kappa shape index (κ2) is 11.5. The van der Waals surface area contributed by atoms with E-state index in [1.165, 1.54) is 18.3 Å². The summed E-state index contributed by atoms with van der Waals surface area (Å²) in [6.45, 7) is 1.14. The number of anilines is 1. The summed E-state index contributed by atoms with van der Waals surface area (Å²) in [5, 5.41) is 5.75. The lowest BCUT2D eigenvalue weighted by Gasteiger charge is -2.15. The molecule has 4 aromatic rings. The van der Waals surface area contributed by atoms with Crippen LogP contribution in [0.4, 0.5) is 23.4 Å². The maximum Gasteiger partial charge on any atom is 0.530 e. The van der Waals surface area contributed by atoms with Gasteiger partial charge in [-0.1, -0.05) is 0 Å². The zero-order chi connectivity index (χ0) is 31.2. The standard InChI is InChI=1S/C27H25F4N6O6P/c1-40-44(39,41-2)43-26-23-22(36-24(37(23)8-7-33-26)19-10-15-12-42-13-20(15)34-19)17-4-3-14(9-18(17)28)25(38)35-21-11-16(5-6-32-21)27(29,30)31/h3-9,11,15,19-20,34H,10,12-13H2,1-2H3,(H,32,35,38)/t15-,19-,20+/m0/s1. The molecule has 0 aliphatic carbocycles. The Morgan fingerprint density at radius 3 is 2.64 bits per heavy atom. The molecule has 0 spiro atoms. The number of nitrogens with one attached hydrogen (secondary N) is 2. The van der Waals surface area contributed by atoms with Crippen LogP contribution >= 0.6 is 7.82 Å². The van der Waals surface area contributed by atoms with Crippen LogP contribution in [0.3, 0.4) is 0 Å². The average molecular weight is 636 g/mol. The normalized spacial score (nSPS) is 20.2. The number of alkyl halides is 3. The Morgan fingerprint density at radius 1 is 1.14 bits per heavy atom. The third-order valence-electron chi connectivity index (χ3n) is 7.47. The minimum atomic E-state index is -4.64. The van der Waals surface area contributed by atoms with Gasteiger partial charge in [-0.2, -0.15) is 13.2 Å². The molecule has 0 saturated carbocycles. The molecule has 44 heavy (non-hydrogen) atoms. The summed E-state index contributed by atoms with van der Waals surface area (Å²) in [7, 11) is -1.82. The van der Waals surface area contributed by atoms with Crippen LogP contribution < -0.4 is 15.2 Å². The molecule has 2 aliphatic rings. The van der Waals surface area contributed by atoms with E-state index in [2.05, 4.69) is 20.6 Å². The molecule has 12 nitrogen and oxygen atoms in total. The van der Waals surface area contributed by atoms with Gasteiger partial charge in [0.1, 0.15) is 28.7 Å². The number of pyridine rings is 1. The van der Waals surface area contributed by atoms with E-state index in [0.29, 0.717) is 31.5 Å². The number of nitrogens with zero attached hydrogens (tertiary/aromatic N) is 4. The molecular weight excluding hydrogens is 611 g/mol. The van der Waals surface area contributed by atoms with Gasteiger partial charge < -0.3 is 19.9 Å². The Bertz CT molecular complexity index is 1770. The van der Waals surface area contributed by atoms with Gasteiger partial charge >= 0.3 is 14.0 Å². The van der Waals surface area contributed by atoms with E-state index in [1.54, 1.807) is 10.6 Å². The van der Waals surface area contributed by atoms with E-state index in [1.807, 2.05) is 0 Å². The molecule has 6 rings (SSSR count). The molecule has 2 saturated heterocycles. The minimum absolute atomic E-state index is 0.0495. The van der Waals surface area contributed by atoms with Crippen molar-refractivity contribution in [1.29, 1.82) is 0 Å². The van der Waals surface area contributed by atoms with Crippen LogP contribution in [-0.2, 0) is 24.5 Å². The molecule has 2 aliphatic heterocycles. The number of phosphoric ester groups is 1. The third kappa shape index (κ3) is 5.66. The maximum atomic E-state index is 15.8. The lowest BCUT2D eigenvalue weighted by molar-refractivity contribution is -0.137. The molecule has 3 aromatic heterocycles. The number of benzene rings is 1. The fourth-order valence-electron chi connectivity index (χ4n) is 5.33. The number of amides is 1. The van der Waals surface area contributed by atoms with Gasteiger partial charge in [0.05, 0.1) is 24.8 Å². The van der Waals surface area contributed by atoms with Crippen molar-refractivity contribution >= 4 is 25.1 Å². The van der Waals surface area contributed by atoms with Gasteiger partial charge in [-0.05, 0) is 36.8 Å². The van der Waals surface area contributed by atoms with Gasteiger partial charge in [0.2, 0.25) is 0 Å². The number of carbonyl (C=O) groups excluding carboxylic acids is 1. The Morgan fingerprint density at radius 2 is 1.93 bits per heavy atom. The Kier molecular flexibility index (Phi) is 7.88. The highest BCUT2D eigenvalue weighted by Gasteiger charge is 2.41. The largest absolute Gasteiger partial charge is 0.530 e. The highest BCUT2D eigenvalue weighted by molar-refractivity contribution is 7.48. The first kappa shape index (κ1) is 30.1. The Labute approximate surface area is 247 Å². The average Bonchev–Trinajstić information content (AvgIpc) is 3.71. The van der Waals surface area contributed by atoms with Gasteiger partial charge in [0, 0.05) is 55.9 Å². The monoisotopic (exact) mass is 636 g/mol. The third-order valence-corrected chi connectivity index (χ3v) is 8.76. The number of ether oxygens (including phenoxy) is 1. The van der Waals surface area contributed by atoms with Crippen LogP contribution in [0.15, 0.2) is 48.9 Å². The number of hydrogen-bond acceptors (Lipinski definition) is 10. The quantitative estimate of drug-likeness (QED) is 0.200. The van der Waals surface area contributed by atoms with E-state index in [9.17, 15) is 22.5 Å². The summed E-state index contributed by atoms with van der Waals surface area (Å²) in [6.07, 6.45) is -0.0328. The highest BCUT2D eigenvalue weighted by atomic mass is 31.2. The van der Waals surface area contributed by atoms with Crippen molar-refractivity contribution in [2.24, 2.45) is 5.92 Å². The van der Waals surface area contributed by atoms with Crippen LogP contribution in [0.2, 0.25) is 0 Å². The Hall–Kier alpha value is -3.95. The molecule has 1 aromatic carbocycles. The zero-order valence-electron chi connectivity index (χ0n) is 23.2. The van der Waals surface area contributed by atoms with Crippen molar-refractivity contribution in [2.45, 2.75) is 24.7 Å². The summed E-state index contributed by atoms with van der Waals surface area (Å²) in [5.41, 5.74) is -1.00. The molecular formula is C27H25F4N6O6P. The van der Waals surface area contributed by atoms with Crippen LogP contribution in [-0.4, -0.2) is 58.7 Å². The van der Waals surface area contributed by atoms with Crippen molar-refractivity contribution < 1.29 is 45.2 Å². The van der Waals surface area contributed by atoms with Gasteiger partial charge in [-0.15, -0.1) is 0 Å². The van der Waals surface area contributed by atoms with Crippen molar-refractivity contribution in [1.82, 2.24) is 24.7 Å². The lowest BCUT2D eigenvalue weighted by Crippen LogP contribution is -2.28. The minimum Gasteiger partial charge on any atom is -0.383 e. The molecule has 232 valence electrons. The van der Waals surface area contributed by atoms with E-state index >= 15 is 4.39 Å². The van der Waals surface area contributed by atoms with Gasteiger partial charge in [-0.3, -0.25) is 18.2 Å². The zero-order valence-corrected chi connectivity index (χ0v) is 24.1. The lowest BCUT2D eigenvalue weighted by atomic mass is 10.0. The first-order valence-corrected chi connectivity index (χ1v) is 14.7. The molecule has 5 heterocycles. The summed E-state index contributed by atoms with van der Waals surface area (Å²) in [6, 6.07) is 4.82. The molecule has 2 fully saturated rings. The molecule has 17 heteroatoms. The van der Waals surface area contributed by atoms with Crippen molar-refractivity contribution in [3.63, 3.8) is 0 Å². The smallest absolute Gasteiger partial charge is 0.383 e. The van der Waals surface area contributed by atoms with Crippen molar-refractivity contribution in [3.8, 4) is 17.1 Å². The maximum absolute atomic E-state index is 15.8. The predicted octanol–water partition coefficient (Wildman–Crippen LogP) is 5.03. The molecule has 1 amide bonds. The fraction of sp³-hybridized carbons (Fsp3) is 0.333. The molecule has 0 radical (unpaired) electrons. The van der Waals surface area contributed by atoms with Crippen molar-refractivity contribution in [2.75, 3.05) is 32.8 Å². The first-order chi connectivity index (χ1) is 21.0. The number of fused-ring (bicyclic) bond motifs is 2. The second-order valence-electron chi connectivity index (χ2n) is 10.1. The van der Waals surface area contributed by atoms with Crippen LogP contribution in [0.25, 0.3) is 16.8 Å². The number of rotatable bonds is 8. The number of aromatic nitrogens is 4. The van der Waals surface area contributed by atoms with E-state index in [0.717, 1.165) is 32.5 Å². The van der Waals surface area contributed by atoms with E-state index < -0.39 is 31.3 Å². The topological polar surface area (TPSA) is 138 Å². The fourth-order valence-corrected chi connectivity index (χ4v) is 5.97. The summed E-state index contributed by atoms with van der Waals surface area (Å²) < 4.78 is 90.4. The number of halogens is 4. The summed E-state index contributed by atoms with van der Waals surface area (Å²) in [4.78, 5) is 25.5.